The third-order valence-corrected chi connectivity index (χ3v) is 3.61. The minimum absolute atomic E-state index is 0.0264. The largest absolute Gasteiger partial charge is 0.504 e. The SMILES string of the molecule is Oc1cc2sccc2c(I)c1O. The van der Waals surface area contributed by atoms with Gasteiger partial charge in [0.05, 0.1) is 3.57 Å². The maximum absolute atomic E-state index is 9.37. The molecule has 0 atom stereocenters. The van der Waals surface area contributed by atoms with Crippen molar-refractivity contribution in [3.05, 3.63) is 21.1 Å². The zero-order valence-electron chi connectivity index (χ0n) is 5.91. The molecule has 0 aliphatic carbocycles. The molecule has 0 saturated carbocycles. The van der Waals surface area contributed by atoms with Crippen LogP contribution in [0.1, 0.15) is 0 Å². The summed E-state index contributed by atoms with van der Waals surface area (Å²) in [6.07, 6.45) is 0. The Morgan fingerprint density at radius 2 is 2.08 bits per heavy atom. The predicted molar refractivity (Wildman–Crippen MR) is 57.9 cm³/mol. The molecule has 0 radical (unpaired) electrons. The first-order valence-corrected chi connectivity index (χ1v) is 5.23. The summed E-state index contributed by atoms with van der Waals surface area (Å²) >= 11 is 3.57. The van der Waals surface area contributed by atoms with E-state index in [-0.39, 0.29) is 11.5 Å². The number of aromatic hydroxyl groups is 2. The second-order valence-corrected chi connectivity index (χ2v) is 4.42. The topological polar surface area (TPSA) is 40.5 Å². The summed E-state index contributed by atoms with van der Waals surface area (Å²) in [5.41, 5.74) is 0. The number of hydrogen-bond acceptors (Lipinski definition) is 3. The summed E-state index contributed by atoms with van der Waals surface area (Å²) < 4.78 is 1.71. The Balaban J connectivity index is 2.94. The van der Waals surface area contributed by atoms with Crippen LogP contribution in [-0.4, -0.2) is 10.2 Å². The van der Waals surface area contributed by atoms with E-state index in [0.717, 1.165) is 10.1 Å². The average molecular weight is 292 g/mol. The lowest BCUT2D eigenvalue weighted by molar-refractivity contribution is 0.402. The average Bonchev–Trinajstić information content (AvgIpc) is 2.48. The lowest BCUT2D eigenvalue weighted by atomic mass is 10.2. The van der Waals surface area contributed by atoms with Crippen molar-refractivity contribution in [2.45, 2.75) is 0 Å². The molecule has 0 fully saturated rings. The van der Waals surface area contributed by atoms with E-state index in [2.05, 4.69) is 0 Å². The molecule has 2 N–H and O–H groups in total. The quantitative estimate of drug-likeness (QED) is 0.579. The van der Waals surface area contributed by atoms with E-state index in [0.29, 0.717) is 3.57 Å². The van der Waals surface area contributed by atoms with Gasteiger partial charge in [0.2, 0.25) is 0 Å². The zero-order chi connectivity index (χ0) is 8.72. The summed E-state index contributed by atoms with van der Waals surface area (Å²) in [5, 5.41) is 21.6. The Morgan fingerprint density at radius 3 is 2.83 bits per heavy atom. The van der Waals surface area contributed by atoms with Crippen LogP contribution in [0.2, 0.25) is 0 Å². The van der Waals surface area contributed by atoms with Crippen LogP contribution >= 0.6 is 33.9 Å². The molecule has 0 bridgehead atoms. The lowest BCUT2D eigenvalue weighted by Crippen LogP contribution is -1.75. The van der Waals surface area contributed by atoms with Crippen LogP contribution in [0.15, 0.2) is 17.5 Å². The Kier molecular flexibility index (Phi) is 1.88. The van der Waals surface area contributed by atoms with E-state index >= 15 is 0 Å². The van der Waals surface area contributed by atoms with Crippen LogP contribution in [0.5, 0.6) is 11.5 Å². The highest BCUT2D eigenvalue weighted by Gasteiger charge is 2.09. The second kappa shape index (κ2) is 2.77. The van der Waals surface area contributed by atoms with Crippen LogP contribution in [-0.2, 0) is 0 Å². The molecule has 0 unspecified atom stereocenters. The Hall–Kier alpha value is -0.490. The Labute approximate surface area is 86.6 Å². The molecule has 0 aliphatic heterocycles. The van der Waals surface area contributed by atoms with Gasteiger partial charge in [-0.1, -0.05) is 0 Å². The normalized spacial score (nSPS) is 10.8. The van der Waals surface area contributed by atoms with Crippen molar-refractivity contribution in [1.29, 1.82) is 0 Å². The molecular weight excluding hydrogens is 287 g/mol. The van der Waals surface area contributed by atoms with Crippen LogP contribution in [0.3, 0.4) is 0 Å². The van der Waals surface area contributed by atoms with E-state index in [1.807, 2.05) is 34.0 Å². The molecule has 2 nitrogen and oxygen atoms in total. The molecule has 2 aromatic rings. The van der Waals surface area contributed by atoms with E-state index < -0.39 is 0 Å². The molecular formula is C8H5IO2S. The number of benzene rings is 1. The van der Waals surface area contributed by atoms with Crippen LogP contribution in [0.4, 0.5) is 0 Å². The molecule has 0 amide bonds. The molecule has 4 heteroatoms. The fourth-order valence-corrected chi connectivity index (χ4v) is 2.80. The maximum atomic E-state index is 9.37. The van der Waals surface area contributed by atoms with Crippen LogP contribution in [0, 0.1) is 3.57 Å². The van der Waals surface area contributed by atoms with Gasteiger partial charge in [-0.2, -0.15) is 0 Å². The standard InChI is InChI=1S/C8H5IO2S/c9-7-4-1-2-12-6(4)3-5(10)8(7)11/h1-3,10-11H. The van der Waals surface area contributed by atoms with Gasteiger partial charge < -0.3 is 10.2 Å². The van der Waals surface area contributed by atoms with E-state index in [1.54, 1.807) is 17.4 Å². The second-order valence-electron chi connectivity index (χ2n) is 2.39. The predicted octanol–water partition coefficient (Wildman–Crippen LogP) is 2.92. The van der Waals surface area contributed by atoms with Gasteiger partial charge in [-0.05, 0) is 34.0 Å². The van der Waals surface area contributed by atoms with Gasteiger partial charge >= 0.3 is 0 Å². The molecule has 2 rings (SSSR count). The minimum atomic E-state index is -0.0469. The fourth-order valence-electron chi connectivity index (χ4n) is 1.05. The first kappa shape index (κ1) is 8.12. The van der Waals surface area contributed by atoms with Gasteiger partial charge in [0.25, 0.3) is 0 Å². The van der Waals surface area contributed by atoms with Crippen molar-refractivity contribution in [3.63, 3.8) is 0 Å². The van der Waals surface area contributed by atoms with Crippen molar-refractivity contribution in [2.75, 3.05) is 0 Å². The lowest BCUT2D eigenvalue weighted by Gasteiger charge is -2.00. The third kappa shape index (κ3) is 1.06. The first-order chi connectivity index (χ1) is 5.70. The number of thiophene rings is 1. The zero-order valence-corrected chi connectivity index (χ0v) is 8.89. The van der Waals surface area contributed by atoms with E-state index in [1.165, 1.54) is 0 Å². The van der Waals surface area contributed by atoms with Gasteiger partial charge in [-0.3, -0.25) is 0 Å². The molecule has 0 spiro atoms. The summed E-state index contributed by atoms with van der Waals surface area (Å²) in [4.78, 5) is 0. The van der Waals surface area contributed by atoms with Gasteiger partial charge in [-0.25, -0.2) is 0 Å². The van der Waals surface area contributed by atoms with E-state index in [4.69, 9.17) is 0 Å². The van der Waals surface area contributed by atoms with Crippen molar-refractivity contribution >= 4 is 44.0 Å². The van der Waals surface area contributed by atoms with Crippen molar-refractivity contribution in [1.82, 2.24) is 0 Å². The number of rotatable bonds is 0. The smallest absolute Gasteiger partial charge is 0.171 e. The Morgan fingerprint density at radius 1 is 1.33 bits per heavy atom. The number of phenolic OH excluding ortho intramolecular Hbond substituents is 2. The summed E-state index contributed by atoms with van der Waals surface area (Å²) in [7, 11) is 0. The van der Waals surface area contributed by atoms with Crippen molar-refractivity contribution in [2.24, 2.45) is 0 Å². The number of hydrogen-bond donors (Lipinski definition) is 2. The van der Waals surface area contributed by atoms with Gasteiger partial charge in [0, 0.05) is 16.2 Å². The van der Waals surface area contributed by atoms with Gasteiger partial charge in [-0.15, -0.1) is 11.3 Å². The number of halogens is 1. The molecule has 0 aliphatic rings. The highest BCUT2D eigenvalue weighted by molar-refractivity contribution is 14.1. The molecule has 1 aromatic carbocycles. The number of fused-ring (bicyclic) bond motifs is 1. The third-order valence-electron chi connectivity index (χ3n) is 1.65. The van der Waals surface area contributed by atoms with Gasteiger partial charge in [0.1, 0.15) is 0 Å². The first-order valence-electron chi connectivity index (χ1n) is 3.28. The molecule has 62 valence electrons. The van der Waals surface area contributed by atoms with Gasteiger partial charge in [0.15, 0.2) is 11.5 Å². The monoisotopic (exact) mass is 292 g/mol. The highest BCUT2D eigenvalue weighted by Crippen LogP contribution is 2.38. The van der Waals surface area contributed by atoms with Crippen LogP contribution < -0.4 is 0 Å². The summed E-state index contributed by atoms with van der Waals surface area (Å²) in [6, 6.07) is 3.51. The van der Waals surface area contributed by atoms with Crippen LogP contribution in [0.25, 0.3) is 10.1 Å². The minimum Gasteiger partial charge on any atom is -0.504 e. The fraction of sp³-hybridized carbons (Fsp3) is 0. The highest BCUT2D eigenvalue weighted by atomic mass is 127. The number of phenols is 2. The molecule has 12 heavy (non-hydrogen) atoms. The molecule has 1 heterocycles. The van der Waals surface area contributed by atoms with E-state index in [9.17, 15) is 10.2 Å². The molecule has 1 aromatic heterocycles. The van der Waals surface area contributed by atoms with Crippen molar-refractivity contribution < 1.29 is 10.2 Å². The summed E-state index contributed by atoms with van der Waals surface area (Å²) in [6.45, 7) is 0. The summed E-state index contributed by atoms with van der Waals surface area (Å²) in [5.74, 6) is -0.0733. The Bertz CT molecular complexity index is 436. The molecule has 0 saturated heterocycles. The van der Waals surface area contributed by atoms with Crippen molar-refractivity contribution in [3.8, 4) is 11.5 Å². The maximum Gasteiger partial charge on any atom is 0.171 e.